The molecule has 0 amide bonds. The van der Waals surface area contributed by atoms with Gasteiger partial charge in [0.2, 0.25) is 0 Å². The van der Waals surface area contributed by atoms with E-state index in [1.807, 2.05) is 0 Å². The first-order valence-corrected chi connectivity index (χ1v) is 19.8. The third-order valence-corrected chi connectivity index (χ3v) is 11.4. The van der Waals surface area contributed by atoms with Crippen molar-refractivity contribution in [1.29, 1.82) is 0 Å². The fourth-order valence-electron chi connectivity index (χ4n) is 8.71. The Labute approximate surface area is 337 Å². The molecule has 58 heavy (non-hydrogen) atoms. The third kappa shape index (κ3) is 5.82. The monoisotopic (exact) mass is 739 g/mol. The second-order valence-corrected chi connectivity index (χ2v) is 14.9. The molecule has 0 atom stereocenters. The highest BCUT2D eigenvalue weighted by atomic mass is 16.3. The van der Waals surface area contributed by atoms with Crippen LogP contribution in [0.25, 0.3) is 88.0 Å². The van der Waals surface area contributed by atoms with E-state index in [1.165, 1.54) is 38.2 Å². The maximum atomic E-state index is 6.80. The molecule has 0 aliphatic carbocycles. The molecule has 1 heterocycles. The van der Waals surface area contributed by atoms with E-state index in [0.29, 0.717) is 0 Å². The first-order valence-electron chi connectivity index (χ1n) is 19.8. The molecule has 0 fully saturated rings. The van der Waals surface area contributed by atoms with Crippen LogP contribution in [0.1, 0.15) is 0 Å². The molecule has 0 unspecified atom stereocenters. The van der Waals surface area contributed by atoms with Gasteiger partial charge >= 0.3 is 0 Å². The molecule has 11 rings (SSSR count). The number of hydrogen-bond donors (Lipinski definition) is 0. The predicted molar refractivity (Wildman–Crippen MR) is 245 cm³/mol. The molecule has 11 aromatic rings. The lowest BCUT2D eigenvalue weighted by atomic mass is 9.93. The normalized spacial score (nSPS) is 11.4. The van der Waals surface area contributed by atoms with E-state index >= 15 is 0 Å². The van der Waals surface area contributed by atoms with Crippen molar-refractivity contribution in [2.24, 2.45) is 0 Å². The minimum Gasteiger partial charge on any atom is -0.455 e. The SMILES string of the molecule is c1ccc(-c2cccc(-c3cccc(N(c4cccc(-c5cc6ccccc6c6ccccc56)c4)c4ccc(-c5ccccc5)c5oc6ccccc6c45)c3)c2)cc1. The Hall–Kier alpha value is -7.68. The molecule has 0 spiro atoms. The third-order valence-electron chi connectivity index (χ3n) is 11.4. The maximum Gasteiger partial charge on any atom is 0.145 e. The first kappa shape index (κ1) is 33.6. The quantitative estimate of drug-likeness (QED) is 0.151. The van der Waals surface area contributed by atoms with Crippen molar-refractivity contribution in [3.05, 3.63) is 224 Å². The second kappa shape index (κ2) is 14.1. The van der Waals surface area contributed by atoms with Crippen molar-refractivity contribution >= 4 is 60.5 Å². The zero-order valence-electron chi connectivity index (χ0n) is 31.7. The number of fused-ring (bicyclic) bond motifs is 6. The summed E-state index contributed by atoms with van der Waals surface area (Å²) in [7, 11) is 0. The molecule has 0 radical (unpaired) electrons. The molecule has 0 bridgehead atoms. The highest BCUT2D eigenvalue weighted by Crippen LogP contribution is 2.47. The zero-order valence-corrected chi connectivity index (χ0v) is 31.7. The topological polar surface area (TPSA) is 16.4 Å². The fraction of sp³-hybridized carbons (Fsp3) is 0. The molecule has 0 aliphatic rings. The number of nitrogens with zero attached hydrogens (tertiary/aromatic N) is 1. The van der Waals surface area contributed by atoms with Gasteiger partial charge in [-0.15, -0.1) is 0 Å². The van der Waals surface area contributed by atoms with E-state index in [-0.39, 0.29) is 0 Å². The van der Waals surface area contributed by atoms with E-state index in [2.05, 4.69) is 229 Å². The Morgan fingerprint density at radius 1 is 0.310 bits per heavy atom. The van der Waals surface area contributed by atoms with Gasteiger partial charge in [-0.2, -0.15) is 0 Å². The average molecular weight is 740 g/mol. The lowest BCUT2D eigenvalue weighted by Gasteiger charge is -2.28. The molecule has 2 nitrogen and oxygen atoms in total. The van der Waals surface area contributed by atoms with Crippen LogP contribution in [0, 0.1) is 0 Å². The lowest BCUT2D eigenvalue weighted by molar-refractivity contribution is 0.670. The van der Waals surface area contributed by atoms with Crippen LogP contribution in [0.5, 0.6) is 0 Å². The Balaban J connectivity index is 1.15. The average Bonchev–Trinajstić information content (AvgIpc) is 3.70. The molecule has 0 aliphatic heterocycles. The molecule has 0 N–H and O–H groups in total. The molecule has 1 aromatic heterocycles. The molecule has 0 saturated carbocycles. The van der Waals surface area contributed by atoms with E-state index in [0.717, 1.165) is 66.8 Å². The van der Waals surface area contributed by atoms with Crippen LogP contribution in [0.4, 0.5) is 17.1 Å². The molecule has 10 aromatic carbocycles. The van der Waals surface area contributed by atoms with Crippen molar-refractivity contribution in [3.63, 3.8) is 0 Å². The van der Waals surface area contributed by atoms with Gasteiger partial charge in [-0.1, -0.05) is 170 Å². The molecule has 272 valence electrons. The molecule has 0 saturated heterocycles. The van der Waals surface area contributed by atoms with Crippen LogP contribution in [0.15, 0.2) is 229 Å². The van der Waals surface area contributed by atoms with Crippen LogP contribution >= 0.6 is 0 Å². The Morgan fingerprint density at radius 2 is 0.845 bits per heavy atom. The first-order chi connectivity index (χ1) is 28.8. The summed E-state index contributed by atoms with van der Waals surface area (Å²) in [5.74, 6) is 0. The molecular weight excluding hydrogens is 703 g/mol. The van der Waals surface area contributed by atoms with E-state index in [1.54, 1.807) is 0 Å². The maximum absolute atomic E-state index is 6.80. The van der Waals surface area contributed by atoms with Crippen molar-refractivity contribution in [2.75, 3.05) is 4.90 Å². The van der Waals surface area contributed by atoms with Crippen LogP contribution in [-0.2, 0) is 0 Å². The van der Waals surface area contributed by atoms with Gasteiger partial charge < -0.3 is 9.32 Å². The van der Waals surface area contributed by atoms with Gasteiger partial charge in [-0.25, -0.2) is 0 Å². The van der Waals surface area contributed by atoms with Crippen LogP contribution < -0.4 is 4.90 Å². The molecule has 2 heteroatoms. The van der Waals surface area contributed by atoms with Crippen molar-refractivity contribution < 1.29 is 4.42 Å². The number of hydrogen-bond acceptors (Lipinski definition) is 2. The van der Waals surface area contributed by atoms with Gasteiger partial charge in [0.25, 0.3) is 0 Å². The number of benzene rings is 10. The van der Waals surface area contributed by atoms with Gasteiger partial charge in [-0.05, 0) is 115 Å². The van der Waals surface area contributed by atoms with Crippen LogP contribution in [-0.4, -0.2) is 0 Å². The van der Waals surface area contributed by atoms with Gasteiger partial charge in [-0.3, -0.25) is 0 Å². The standard InChI is InChI=1S/C56H37NO/c1-3-16-38(17-4-1)40-21-13-22-41(34-40)42-23-14-25-45(35-42)57(53-33-32-48(39-18-5-2-6-19-39)56-55(53)51-30-11-12-31-54(51)58-56)46-26-15-24-43(36-46)52-37-44-20-7-8-27-47(44)49-28-9-10-29-50(49)52/h1-37H. The smallest absolute Gasteiger partial charge is 0.145 e. The van der Waals surface area contributed by atoms with Crippen molar-refractivity contribution in [1.82, 2.24) is 0 Å². The summed E-state index contributed by atoms with van der Waals surface area (Å²) in [6.07, 6.45) is 0. The predicted octanol–water partition coefficient (Wildman–Crippen LogP) is 16.0. The zero-order chi connectivity index (χ0) is 38.4. The van der Waals surface area contributed by atoms with Gasteiger partial charge in [0, 0.05) is 22.3 Å². The summed E-state index contributed by atoms with van der Waals surface area (Å²) in [4.78, 5) is 2.41. The second-order valence-electron chi connectivity index (χ2n) is 14.9. The van der Waals surface area contributed by atoms with E-state index in [4.69, 9.17) is 4.42 Å². The number of furan rings is 1. The minimum atomic E-state index is 0.866. The number of anilines is 3. The van der Waals surface area contributed by atoms with E-state index in [9.17, 15) is 0 Å². The summed E-state index contributed by atoms with van der Waals surface area (Å²) >= 11 is 0. The highest BCUT2D eigenvalue weighted by molar-refractivity contribution is 6.18. The Morgan fingerprint density at radius 3 is 1.60 bits per heavy atom. The molecular formula is C56H37NO. The van der Waals surface area contributed by atoms with E-state index < -0.39 is 0 Å². The summed E-state index contributed by atoms with van der Waals surface area (Å²) in [6.45, 7) is 0. The highest BCUT2D eigenvalue weighted by Gasteiger charge is 2.23. The van der Waals surface area contributed by atoms with Gasteiger partial charge in [0.15, 0.2) is 0 Å². The minimum absolute atomic E-state index is 0.866. The summed E-state index contributed by atoms with van der Waals surface area (Å²) in [5, 5.41) is 7.15. The van der Waals surface area contributed by atoms with Gasteiger partial charge in [0.05, 0.1) is 11.1 Å². The Bertz CT molecular complexity index is 3290. The summed E-state index contributed by atoms with van der Waals surface area (Å²) < 4.78 is 6.80. The fourth-order valence-corrected chi connectivity index (χ4v) is 8.71. The van der Waals surface area contributed by atoms with Gasteiger partial charge in [0.1, 0.15) is 11.2 Å². The number of para-hydroxylation sites is 1. The van der Waals surface area contributed by atoms with Crippen molar-refractivity contribution in [2.45, 2.75) is 0 Å². The summed E-state index contributed by atoms with van der Waals surface area (Å²) in [6, 6.07) is 80.6. The van der Waals surface area contributed by atoms with Crippen molar-refractivity contribution in [3.8, 4) is 44.5 Å². The summed E-state index contributed by atoms with van der Waals surface area (Å²) in [5.41, 5.74) is 14.2. The van der Waals surface area contributed by atoms with Crippen LogP contribution in [0.2, 0.25) is 0 Å². The van der Waals surface area contributed by atoms with Crippen LogP contribution in [0.3, 0.4) is 0 Å². The lowest BCUT2D eigenvalue weighted by Crippen LogP contribution is -2.11. The number of rotatable bonds is 7. The largest absolute Gasteiger partial charge is 0.455 e. The Kier molecular flexibility index (Phi) is 8.19.